The topological polar surface area (TPSA) is 66.4 Å². The van der Waals surface area contributed by atoms with Crippen molar-refractivity contribution in [3.63, 3.8) is 0 Å². The number of benzene rings is 1. The minimum absolute atomic E-state index is 0.0959. The first kappa shape index (κ1) is 16.5. The van der Waals surface area contributed by atoms with E-state index < -0.39 is 11.9 Å². The van der Waals surface area contributed by atoms with E-state index in [0.29, 0.717) is 19.4 Å². The fourth-order valence-electron chi connectivity index (χ4n) is 3.32. The van der Waals surface area contributed by atoms with E-state index in [-0.39, 0.29) is 17.7 Å². The van der Waals surface area contributed by atoms with Crippen molar-refractivity contribution >= 4 is 11.9 Å². The lowest BCUT2D eigenvalue weighted by Crippen LogP contribution is -2.41. The first-order valence-electron chi connectivity index (χ1n) is 8.19. The molecule has 1 aromatic rings. The molecule has 0 aromatic heterocycles. The molecule has 0 saturated heterocycles. The molecule has 0 aliphatic heterocycles. The van der Waals surface area contributed by atoms with Gasteiger partial charge in [-0.15, -0.1) is 0 Å². The Kier molecular flexibility index (Phi) is 5.99. The van der Waals surface area contributed by atoms with Crippen LogP contribution in [-0.2, 0) is 9.59 Å². The van der Waals surface area contributed by atoms with E-state index in [1.54, 1.807) is 0 Å². The molecule has 1 aliphatic carbocycles. The second-order valence-corrected chi connectivity index (χ2v) is 6.10. The molecule has 0 heterocycles. The summed E-state index contributed by atoms with van der Waals surface area (Å²) in [5.74, 6) is -1.56. The van der Waals surface area contributed by atoms with E-state index in [0.717, 1.165) is 19.3 Å². The highest BCUT2D eigenvalue weighted by Gasteiger charge is 2.35. The third-order valence-electron chi connectivity index (χ3n) is 4.71. The number of carbonyl (C=O) groups excluding carboxylic acids is 1. The Hall–Kier alpha value is -1.84. The van der Waals surface area contributed by atoms with Gasteiger partial charge in [-0.05, 0) is 24.8 Å². The van der Waals surface area contributed by atoms with Gasteiger partial charge in [-0.25, -0.2) is 0 Å². The van der Waals surface area contributed by atoms with Crippen molar-refractivity contribution in [2.75, 3.05) is 6.54 Å². The first-order valence-corrected chi connectivity index (χ1v) is 8.19. The lowest BCUT2D eigenvalue weighted by atomic mass is 9.78. The van der Waals surface area contributed by atoms with Gasteiger partial charge in [0.05, 0.1) is 11.8 Å². The Morgan fingerprint density at radius 3 is 2.41 bits per heavy atom. The van der Waals surface area contributed by atoms with E-state index in [9.17, 15) is 14.7 Å². The maximum Gasteiger partial charge on any atom is 0.307 e. The van der Waals surface area contributed by atoms with Crippen LogP contribution >= 0.6 is 0 Å². The fraction of sp³-hybridized carbons (Fsp3) is 0.556. The maximum absolute atomic E-state index is 12.4. The van der Waals surface area contributed by atoms with Gasteiger partial charge in [-0.2, -0.15) is 0 Å². The molecular weight excluding hydrogens is 278 g/mol. The second-order valence-electron chi connectivity index (χ2n) is 6.10. The molecular formula is C18H25NO3. The summed E-state index contributed by atoms with van der Waals surface area (Å²) in [6, 6.07) is 10.1. The summed E-state index contributed by atoms with van der Waals surface area (Å²) in [6.45, 7) is 2.67. The number of amides is 1. The van der Waals surface area contributed by atoms with Crippen LogP contribution in [0, 0.1) is 11.8 Å². The summed E-state index contributed by atoms with van der Waals surface area (Å²) in [7, 11) is 0. The van der Waals surface area contributed by atoms with Crippen LogP contribution < -0.4 is 5.32 Å². The van der Waals surface area contributed by atoms with Gasteiger partial charge in [0, 0.05) is 12.5 Å². The van der Waals surface area contributed by atoms with Crippen LogP contribution in [0.4, 0.5) is 0 Å². The Morgan fingerprint density at radius 2 is 1.82 bits per heavy atom. The number of hydrogen-bond acceptors (Lipinski definition) is 2. The van der Waals surface area contributed by atoms with Crippen molar-refractivity contribution in [2.24, 2.45) is 11.8 Å². The molecule has 2 N–H and O–H groups in total. The zero-order valence-corrected chi connectivity index (χ0v) is 13.1. The Balaban J connectivity index is 1.94. The summed E-state index contributed by atoms with van der Waals surface area (Å²) < 4.78 is 0. The monoisotopic (exact) mass is 303 g/mol. The van der Waals surface area contributed by atoms with Gasteiger partial charge in [0.1, 0.15) is 0 Å². The zero-order valence-electron chi connectivity index (χ0n) is 13.1. The highest BCUT2D eigenvalue weighted by molar-refractivity contribution is 5.84. The van der Waals surface area contributed by atoms with Crippen molar-refractivity contribution < 1.29 is 14.7 Å². The molecule has 1 amide bonds. The number of carboxylic acid groups (broad SMARTS) is 1. The Labute approximate surface area is 131 Å². The summed E-state index contributed by atoms with van der Waals surface area (Å²) >= 11 is 0. The molecule has 22 heavy (non-hydrogen) atoms. The first-order chi connectivity index (χ1) is 10.6. The number of hydrogen-bond donors (Lipinski definition) is 2. The van der Waals surface area contributed by atoms with E-state index in [1.165, 1.54) is 5.56 Å². The smallest absolute Gasteiger partial charge is 0.307 e. The standard InChI is InChI=1S/C18H25NO3/c1-2-13(14-8-4-3-5-9-14)12-19-17(20)15-10-6-7-11-16(15)18(21)22/h3-5,8-9,13,15-16H,2,6-7,10-12H2,1H3,(H,19,20)(H,21,22)/t13-,15-,16-/m1/s1. The van der Waals surface area contributed by atoms with Crippen LogP contribution in [0.5, 0.6) is 0 Å². The normalized spacial score (nSPS) is 22.8. The SMILES string of the molecule is CC[C@H](CNC(=O)[C@@H]1CCCC[C@H]1C(=O)O)c1ccccc1. The summed E-state index contributed by atoms with van der Waals surface area (Å²) in [5, 5.41) is 12.3. The van der Waals surface area contributed by atoms with Crippen molar-refractivity contribution in [1.82, 2.24) is 5.32 Å². The average Bonchev–Trinajstić information content (AvgIpc) is 2.56. The van der Waals surface area contributed by atoms with Gasteiger partial charge in [0.25, 0.3) is 0 Å². The molecule has 1 aliphatic rings. The van der Waals surface area contributed by atoms with Crippen LogP contribution in [0.25, 0.3) is 0 Å². The number of carbonyl (C=O) groups is 2. The van der Waals surface area contributed by atoms with E-state index in [4.69, 9.17) is 0 Å². The predicted octanol–water partition coefficient (Wildman–Crippen LogP) is 3.19. The van der Waals surface area contributed by atoms with Crippen LogP contribution in [0.2, 0.25) is 0 Å². The van der Waals surface area contributed by atoms with Crippen molar-refractivity contribution in [3.8, 4) is 0 Å². The third-order valence-corrected chi connectivity index (χ3v) is 4.71. The van der Waals surface area contributed by atoms with E-state index >= 15 is 0 Å². The summed E-state index contributed by atoms with van der Waals surface area (Å²) in [4.78, 5) is 23.7. The number of carboxylic acids is 1. The molecule has 4 nitrogen and oxygen atoms in total. The van der Waals surface area contributed by atoms with Crippen molar-refractivity contribution in [1.29, 1.82) is 0 Å². The maximum atomic E-state index is 12.4. The van der Waals surface area contributed by atoms with Gasteiger partial charge in [-0.1, -0.05) is 50.1 Å². The lowest BCUT2D eigenvalue weighted by Gasteiger charge is -2.28. The molecule has 0 radical (unpaired) electrons. The minimum atomic E-state index is -0.838. The van der Waals surface area contributed by atoms with Gasteiger partial charge < -0.3 is 10.4 Å². The molecule has 3 atom stereocenters. The number of rotatable bonds is 6. The van der Waals surface area contributed by atoms with Gasteiger partial charge in [0.2, 0.25) is 5.91 Å². The highest BCUT2D eigenvalue weighted by atomic mass is 16.4. The Bertz CT molecular complexity index is 500. The molecule has 0 unspecified atom stereocenters. The third kappa shape index (κ3) is 4.09. The predicted molar refractivity (Wildman–Crippen MR) is 85.6 cm³/mol. The molecule has 120 valence electrons. The molecule has 1 saturated carbocycles. The minimum Gasteiger partial charge on any atom is -0.481 e. The van der Waals surface area contributed by atoms with Crippen molar-refractivity contribution in [2.45, 2.75) is 44.9 Å². The van der Waals surface area contributed by atoms with E-state index in [1.807, 2.05) is 18.2 Å². The van der Waals surface area contributed by atoms with Gasteiger partial charge in [-0.3, -0.25) is 9.59 Å². The van der Waals surface area contributed by atoms with Crippen LogP contribution in [0.1, 0.15) is 50.5 Å². The molecule has 1 aromatic carbocycles. The molecule has 0 bridgehead atoms. The molecule has 2 rings (SSSR count). The van der Waals surface area contributed by atoms with Crippen LogP contribution in [-0.4, -0.2) is 23.5 Å². The summed E-state index contributed by atoms with van der Waals surface area (Å²) in [5.41, 5.74) is 1.21. The quantitative estimate of drug-likeness (QED) is 0.848. The van der Waals surface area contributed by atoms with Crippen LogP contribution in [0.3, 0.4) is 0 Å². The number of nitrogens with one attached hydrogen (secondary N) is 1. The van der Waals surface area contributed by atoms with E-state index in [2.05, 4.69) is 24.4 Å². The number of aliphatic carboxylic acids is 1. The van der Waals surface area contributed by atoms with Crippen LogP contribution in [0.15, 0.2) is 30.3 Å². The molecule has 4 heteroatoms. The van der Waals surface area contributed by atoms with Gasteiger partial charge in [0.15, 0.2) is 0 Å². The lowest BCUT2D eigenvalue weighted by molar-refractivity contribution is -0.148. The fourth-order valence-corrected chi connectivity index (χ4v) is 3.32. The largest absolute Gasteiger partial charge is 0.481 e. The molecule has 0 spiro atoms. The zero-order chi connectivity index (χ0) is 15.9. The molecule has 1 fully saturated rings. The van der Waals surface area contributed by atoms with Crippen molar-refractivity contribution in [3.05, 3.63) is 35.9 Å². The highest BCUT2D eigenvalue weighted by Crippen LogP contribution is 2.30. The Morgan fingerprint density at radius 1 is 1.18 bits per heavy atom. The average molecular weight is 303 g/mol. The summed E-state index contributed by atoms with van der Waals surface area (Å²) in [6.07, 6.45) is 4.09. The van der Waals surface area contributed by atoms with Gasteiger partial charge >= 0.3 is 5.97 Å². The second kappa shape index (κ2) is 7.97.